The van der Waals surface area contributed by atoms with E-state index in [1.807, 2.05) is 6.07 Å². The van der Waals surface area contributed by atoms with Crippen molar-refractivity contribution in [3.05, 3.63) is 41.1 Å². The maximum atomic E-state index is 11.9. The third-order valence-electron chi connectivity index (χ3n) is 4.19. The van der Waals surface area contributed by atoms with Crippen LogP contribution in [0.3, 0.4) is 0 Å². The first-order valence-corrected chi connectivity index (χ1v) is 7.17. The summed E-state index contributed by atoms with van der Waals surface area (Å²) in [6, 6.07) is 6.21. The lowest BCUT2D eigenvalue weighted by Gasteiger charge is -2.25. The third-order valence-corrected chi connectivity index (χ3v) is 4.19. The number of aromatic amines is 1. The van der Waals surface area contributed by atoms with Crippen LogP contribution in [0.2, 0.25) is 0 Å². The van der Waals surface area contributed by atoms with E-state index in [-0.39, 0.29) is 17.4 Å². The van der Waals surface area contributed by atoms with Gasteiger partial charge < -0.3 is 10.1 Å². The van der Waals surface area contributed by atoms with Crippen molar-refractivity contribution in [1.82, 2.24) is 10.2 Å². The molecule has 1 aromatic heterocycles. The summed E-state index contributed by atoms with van der Waals surface area (Å²) in [6.45, 7) is 4.18. The molecule has 2 aliphatic heterocycles. The van der Waals surface area contributed by atoms with Crippen molar-refractivity contribution in [3.8, 4) is 5.75 Å². The molecule has 2 aromatic rings. The van der Waals surface area contributed by atoms with Gasteiger partial charge in [-0.05, 0) is 19.4 Å². The number of anilines is 1. The summed E-state index contributed by atoms with van der Waals surface area (Å²) in [4.78, 5) is 11.9. The molecule has 0 radical (unpaired) electrons. The Morgan fingerprint density at radius 2 is 2.19 bits per heavy atom. The van der Waals surface area contributed by atoms with Crippen molar-refractivity contribution in [3.63, 3.8) is 0 Å². The number of nitrogens with one attached hydrogen (secondary N) is 2. The molecule has 108 valence electrons. The van der Waals surface area contributed by atoms with Crippen molar-refractivity contribution in [1.29, 1.82) is 0 Å². The number of hydrogen-bond acceptors (Lipinski definition) is 3. The van der Waals surface area contributed by atoms with Crippen LogP contribution in [0.4, 0.5) is 5.82 Å². The van der Waals surface area contributed by atoms with Crippen LogP contribution in [0, 0.1) is 0 Å². The van der Waals surface area contributed by atoms with E-state index in [4.69, 9.17) is 4.74 Å². The molecule has 1 amide bonds. The highest BCUT2D eigenvalue weighted by molar-refractivity contribution is 5.94. The lowest BCUT2D eigenvalue weighted by atomic mass is 9.86. The number of benzene rings is 1. The fourth-order valence-electron chi connectivity index (χ4n) is 3.34. The van der Waals surface area contributed by atoms with Crippen LogP contribution in [-0.4, -0.2) is 21.7 Å². The minimum Gasteiger partial charge on any atom is -0.487 e. The minimum absolute atomic E-state index is 0.00338. The Kier molecular flexibility index (Phi) is 2.43. The Bertz CT molecular complexity index is 733. The maximum Gasteiger partial charge on any atom is 0.226 e. The van der Waals surface area contributed by atoms with Crippen molar-refractivity contribution in [2.45, 2.75) is 38.2 Å². The summed E-state index contributed by atoms with van der Waals surface area (Å²) in [6.07, 6.45) is 3.11. The second-order valence-electron chi connectivity index (χ2n) is 6.38. The minimum atomic E-state index is -0.186. The Labute approximate surface area is 122 Å². The van der Waals surface area contributed by atoms with Gasteiger partial charge in [0.1, 0.15) is 17.2 Å². The van der Waals surface area contributed by atoms with Gasteiger partial charge in [0.15, 0.2) is 0 Å². The molecule has 0 saturated carbocycles. The average molecular weight is 283 g/mol. The highest BCUT2D eigenvalue weighted by Crippen LogP contribution is 2.45. The van der Waals surface area contributed by atoms with Gasteiger partial charge in [-0.1, -0.05) is 18.2 Å². The van der Waals surface area contributed by atoms with Crippen LogP contribution in [-0.2, 0) is 11.2 Å². The normalized spacial score (nSPS) is 22.2. The van der Waals surface area contributed by atoms with E-state index < -0.39 is 0 Å². The van der Waals surface area contributed by atoms with Crippen molar-refractivity contribution in [2.24, 2.45) is 0 Å². The number of para-hydroxylation sites is 1. The van der Waals surface area contributed by atoms with E-state index in [1.54, 1.807) is 6.20 Å². The summed E-state index contributed by atoms with van der Waals surface area (Å²) in [5.41, 5.74) is 3.13. The molecule has 5 nitrogen and oxygen atoms in total. The molecule has 2 N–H and O–H groups in total. The van der Waals surface area contributed by atoms with Crippen molar-refractivity contribution in [2.75, 3.05) is 5.32 Å². The molecule has 0 bridgehead atoms. The van der Waals surface area contributed by atoms with Crippen LogP contribution < -0.4 is 10.1 Å². The number of carbonyl (C=O) groups is 1. The average Bonchev–Trinajstić information content (AvgIpc) is 2.98. The number of hydrogen-bond donors (Lipinski definition) is 2. The van der Waals surface area contributed by atoms with Gasteiger partial charge in [-0.25, -0.2) is 0 Å². The predicted octanol–water partition coefficient (Wildman–Crippen LogP) is 2.60. The Morgan fingerprint density at radius 1 is 1.33 bits per heavy atom. The molecule has 1 aromatic carbocycles. The SMILES string of the molecule is CC1(C)Cc2cccc([C@@H]3CC(=O)Nc4[nH]ncc43)c2O1. The number of fused-ring (bicyclic) bond motifs is 2. The van der Waals surface area contributed by atoms with Gasteiger partial charge in [-0.3, -0.25) is 9.89 Å². The Morgan fingerprint density at radius 3 is 3.05 bits per heavy atom. The standard InChI is InChI=1S/C16H17N3O2/c1-16(2)7-9-4-3-5-10(14(9)21-16)11-6-13(20)18-15-12(11)8-17-19-15/h3-5,8,11H,6-7H2,1-2H3,(H2,17,18,19,20)/t11-/m0/s1. The zero-order valence-electron chi connectivity index (χ0n) is 12.1. The number of rotatable bonds is 1. The second kappa shape index (κ2) is 4.10. The van der Waals surface area contributed by atoms with E-state index in [1.165, 1.54) is 5.56 Å². The van der Waals surface area contributed by atoms with Gasteiger partial charge in [0.05, 0.1) is 6.20 Å². The second-order valence-corrected chi connectivity index (χ2v) is 6.38. The van der Waals surface area contributed by atoms with Gasteiger partial charge in [0.2, 0.25) is 5.91 Å². The van der Waals surface area contributed by atoms with Crippen molar-refractivity contribution >= 4 is 11.7 Å². The first-order valence-electron chi connectivity index (χ1n) is 7.17. The van der Waals surface area contributed by atoms with Crippen LogP contribution >= 0.6 is 0 Å². The van der Waals surface area contributed by atoms with Gasteiger partial charge in [0, 0.05) is 29.9 Å². The number of amides is 1. The van der Waals surface area contributed by atoms with Crippen LogP contribution in [0.15, 0.2) is 24.4 Å². The molecule has 0 fully saturated rings. The van der Waals surface area contributed by atoms with Crippen LogP contribution in [0.25, 0.3) is 0 Å². The summed E-state index contributed by atoms with van der Waals surface area (Å²) in [5.74, 6) is 1.64. The van der Waals surface area contributed by atoms with E-state index in [9.17, 15) is 4.79 Å². The third kappa shape index (κ3) is 1.92. The predicted molar refractivity (Wildman–Crippen MR) is 78.5 cm³/mol. The molecular formula is C16H17N3O2. The first-order chi connectivity index (χ1) is 10.0. The lowest BCUT2D eigenvalue weighted by molar-refractivity contribution is -0.116. The number of carbonyl (C=O) groups excluding carboxylic acids is 1. The zero-order chi connectivity index (χ0) is 14.6. The number of H-pyrrole nitrogens is 1. The van der Waals surface area contributed by atoms with Crippen LogP contribution in [0.1, 0.15) is 42.9 Å². The Hall–Kier alpha value is -2.30. The molecule has 0 spiro atoms. The highest BCUT2D eigenvalue weighted by atomic mass is 16.5. The van der Waals surface area contributed by atoms with E-state index in [0.29, 0.717) is 12.2 Å². The van der Waals surface area contributed by atoms with Gasteiger partial charge in [0.25, 0.3) is 0 Å². The van der Waals surface area contributed by atoms with E-state index >= 15 is 0 Å². The van der Waals surface area contributed by atoms with Gasteiger partial charge >= 0.3 is 0 Å². The molecule has 21 heavy (non-hydrogen) atoms. The molecule has 2 aliphatic rings. The number of aromatic nitrogens is 2. The fraction of sp³-hybridized carbons (Fsp3) is 0.375. The molecule has 4 rings (SSSR count). The highest BCUT2D eigenvalue weighted by Gasteiger charge is 2.36. The van der Waals surface area contributed by atoms with Gasteiger partial charge in [-0.15, -0.1) is 0 Å². The largest absolute Gasteiger partial charge is 0.487 e. The Balaban J connectivity index is 1.84. The van der Waals surface area contributed by atoms with Crippen molar-refractivity contribution < 1.29 is 9.53 Å². The van der Waals surface area contributed by atoms with Gasteiger partial charge in [-0.2, -0.15) is 5.10 Å². The number of ether oxygens (including phenoxy) is 1. The van der Waals surface area contributed by atoms with E-state index in [2.05, 4.69) is 41.5 Å². The maximum absolute atomic E-state index is 11.9. The summed E-state index contributed by atoms with van der Waals surface area (Å²) in [5, 5.41) is 9.73. The fourth-order valence-corrected chi connectivity index (χ4v) is 3.34. The molecule has 0 unspecified atom stereocenters. The van der Waals surface area contributed by atoms with Crippen LogP contribution in [0.5, 0.6) is 5.75 Å². The molecule has 3 heterocycles. The smallest absolute Gasteiger partial charge is 0.226 e. The quantitative estimate of drug-likeness (QED) is 0.845. The molecule has 1 atom stereocenters. The molecule has 5 heteroatoms. The monoisotopic (exact) mass is 283 g/mol. The van der Waals surface area contributed by atoms with E-state index in [0.717, 1.165) is 23.3 Å². The molecular weight excluding hydrogens is 266 g/mol. The summed E-state index contributed by atoms with van der Waals surface area (Å²) in [7, 11) is 0. The molecule has 0 aliphatic carbocycles. The zero-order valence-corrected chi connectivity index (χ0v) is 12.1. The number of nitrogens with zero attached hydrogens (tertiary/aromatic N) is 1. The summed E-state index contributed by atoms with van der Waals surface area (Å²) >= 11 is 0. The molecule has 0 saturated heterocycles. The lowest BCUT2D eigenvalue weighted by Crippen LogP contribution is -2.26. The summed E-state index contributed by atoms with van der Waals surface area (Å²) < 4.78 is 6.14. The first kappa shape index (κ1) is 12.4. The topological polar surface area (TPSA) is 67.0 Å².